The molecule has 9 aromatic rings. The molecule has 0 amide bonds. The second-order valence-corrected chi connectivity index (χ2v) is 12.4. The Bertz CT molecular complexity index is 2550. The molecule has 0 nitrogen and oxygen atoms in total. The van der Waals surface area contributed by atoms with Crippen molar-refractivity contribution in [3.05, 3.63) is 188 Å². The second-order valence-electron chi connectivity index (χ2n) is 12.4. The molecule has 0 aliphatic heterocycles. The molecule has 0 bridgehead atoms. The van der Waals surface area contributed by atoms with Gasteiger partial charge in [-0.05, 0) is 93.2 Å². The largest absolute Gasteiger partial charge is 0.0985 e. The molecule has 0 fully saturated rings. The summed E-state index contributed by atoms with van der Waals surface area (Å²) < 4.78 is 0. The smallest absolute Gasteiger partial charge is 0.00139 e. The van der Waals surface area contributed by atoms with Gasteiger partial charge in [0, 0.05) is 0 Å². The van der Waals surface area contributed by atoms with Crippen molar-refractivity contribution in [1.29, 1.82) is 0 Å². The summed E-state index contributed by atoms with van der Waals surface area (Å²) in [4.78, 5) is 0. The molecule has 0 atom stereocenters. The van der Waals surface area contributed by atoms with Crippen molar-refractivity contribution < 1.29 is 0 Å². The van der Waals surface area contributed by atoms with Crippen LogP contribution in [-0.2, 0) is 0 Å². The van der Waals surface area contributed by atoms with E-state index >= 15 is 0 Å². The molecule has 0 aliphatic carbocycles. The summed E-state index contributed by atoms with van der Waals surface area (Å²) in [5.41, 5.74) is 11.1. The van der Waals surface area contributed by atoms with E-state index in [0.29, 0.717) is 0 Å². The van der Waals surface area contributed by atoms with Crippen molar-refractivity contribution in [1.82, 2.24) is 0 Å². The molecular formula is C48H32. The summed E-state index contributed by atoms with van der Waals surface area (Å²) in [7, 11) is 0. The van der Waals surface area contributed by atoms with Gasteiger partial charge in [0.2, 0.25) is 0 Å². The van der Waals surface area contributed by atoms with E-state index in [1.165, 1.54) is 87.6 Å². The predicted molar refractivity (Wildman–Crippen MR) is 208 cm³/mol. The van der Waals surface area contributed by atoms with E-state index in [9.17, 15) is 0 Å². The van der Waals surface area contributed by atoms with E-state index in [1.54, 1.807) is 0 Å². The van der Waals surface area contributed by atoms with E-state index in [2.05, 4.69) is 183 Å². The van der Waals surface area contributed by atoms with Gasteiger partial charge >= 0.3 is 0 Å². The van der Waals surface area contributed by atoms with E-state index in [1.807, 2.05) is 6.08 Å². The van der Waals surface area contributed by atoms with E-state index < -0.39 is 0 Å². The van der Waals surface area contributed by atoms with Crippen LogP contribution in [0.15, 0.2) is 183 Å². The van der Waals surface area contributed by atoms with Gasteiger partial charge in [-0.3, -0.25) is 0 Å². The first-order valence-corrected chi connectivity index (χ1v) is 16.6. The van der Waals surface area contributed by atoms with Crippen LogP contribution in [0, 0.1) is 0 Å². The maximum absolute atomic E-state index is 3.97. The van der Waals surface area contributed by atoms with Crippen LogP contribution in [0.2, 0.25) is 0 Å². The first kappa shape index (κ1) is 28.0. The minimum absolute atomic E-state index is 1.12. The highest BCUT2D eigenvalue weighted by molar-refractivity contribution is 6.30. The quantitative estimate of drug-likeness (QED) is 0.171. The summed E-state index contributed by atoms with van der Waals surface area (Å²) in [5.74, 6) is 0. The van der Waals surface area contributed by atoms with Gasteiger partial charge in [-0.1, -0.05) is 189 Å². The van der Waals surface area contributed by atoms with Crippen LogP contribution in [0.4, 0.5) is 0 Å². The highest BCUT2D eigenvalue weighted by Crippen LogP contribution is 2.50. The van der Waals surface area contributed by atoms with Crippen LogP contribution in [0.5, 0.6) is 0 Å². The third kappa shape index (κ3) is 4.38. The van der Waals surface area contributed by atoms with Crippen molar-refractivity contribution in [3.63, 3.8) is 0 Å². The summed E-state index contributed by atoms with van der Waals surface area (Å²) in [6.45, 7) is 3.97. The van der Waals surface area contributed by atoms with Gasteiger partial charge in [-0.25, -0.2) is 0 Å². The van der Waals surface area contributed by atoms with Crippen molar-refractivity contribution in [3.8, 4) is 44.5 Å². The maximum atomic E-state index is 3.97. The molecule has 0 aliphatic rings. The average molecular weight is 609 g/mol. The Kier molecular flexibility index (Phi) is 6.73. The Morgan fingerprint density at radius 1 is 0.271 bits per heavy atom. The van der Waals surface area contributed by atoms with Gasteiger partial charge < -0.3 is 0 Å². The Labute approximate surface area is 280 Å². The van der Waals surface area contributed by atoms with Crippen molar-refractivity contribution in [2.45, 2.75) is 0 Å². The molecule has 9 aromatic carbocycles. The summed E-state index contributed by atoms with van der Waals surface area (Å²) in [6, 6.07) is 64.3. The van der Waals surface area contributed by atoms with Crippen LogP contribution < -0.4 is 0 Å². The zero-order valence-corrected chi connectivity index (χ0v) is 26.5. The van der Waals surface area contributed by atoms with Crippen LogP contribution in [0.1, 0.15) is 5.56 Å². The Morgan fingerprint density at radius 2 is 0.625 bits per heavy atom. The van der Waals surface area contributed by atoms with E-state index in [0.717, 1.165) is 5.56 Å². The van der Waals surface area contributed by atoms with Crippen molar-refractivity contribution in [2.75, 3.05) is 0 Å². The Hall–Kier alpha value is -6.24. The first-order valence-electron chi connectivity index (χ1n) is 16.6. The van der Waals surface area contributed by atoms with Gasteiger partial charge in [0.1, 0.15) is 0 Å². The molecule has 224 valence electrons. The van der Waals surface area contributed by atoms with Crippen LogP contribution in [0.3, 0.4) is 0 Å². The highest BCUT2D eigenvalue weighted by atomic mass is 14.3. The maximum Gasteiger partial charge on any atom is -0.00139 e. The molecular weight excluding hydrogens is 577 g/mol. The SMILES string of the molecule is C=Cc1ccc(-c2c3ccccc3c(-c3c4ccccc4c(-c4ccccc4-c4ccccc4)c4ccccc34)c3ccccc23)cc1. The number of rotatable bonds is 5. The summed E-state index contributed by atoms with van der Waals surface area (Å²) in [5, 5.41) is 10.0. The Balaban J connectivity index is 1.44. The molecule has 9 rings (SSSR count). The highest BCUT2D eigenvalue weighted by Gasteiger charge is 2.23. The molecule has 0 spiro atoms. The molecule has 0 unspecified atom stereocenters. The number of benzene rings is 9. The lowest BCUT2D eigenvalue weighted by Gasteiger charge is -2.23. The van der Waals surface area contributed by atoms with Gasteiger partial charge in [0.25, 0.3) is 0 Å². The molecule has 0 radical (unpaired) electrons. The molecule has 0 aromatic heterocycles. The fourth-order valence-corrected chi connectivity index (χ4v) is 7.75. The molecule has 0 saturated heterocycles. The summed E-state index contributed by atoms with van der Waals surface area (Å²) >= 11 is 0. The number of fused-ring (bicyclic) bond motifs is 4. The monoisotopic (exact) mass is 608 g/mol. The lowest BCUT2D eigenvalue weighted by atomic mass is 9.80. The average Bonchev–Trinajstić information content (AvgIpc) is 3.17. The predicted octanol–water partition coefficient (Wildman–Crippen LogP) is 13.6. The lowest BCUT2D eigenvalue weighted by Crippen LogP contribution is -1.95. The minimum Gasteiger partial charge on any atom is -0.0985 e. The zero-order valence-electron chi connectivity index (χ0n) is 26.5. The van der Waals surface area contributed by atoms with Crippen LogP contribution >= 0.6 is 0 Å². The third-order valence-electron chi connectivity index (χ3n) is 9.83. The van der Waals surface area contributed by atoms with Gasteiger partial charge in [-0.15, -0.1) is 0 Å². The summed E-state index contributed by atoms with van der Waals surface area (Å²) in [6.07, 6.45) is 1.90. The second kappa shape index (κ2) is 11.5. The van der Waals surface area contributed by atoms with E-state index in [-0.39, 0.29) is 0 Å². The Morgan fingerprint density at radius 3 is 1.06 bits per heavy atom. The van der Waals surface area contributed by atoms with Crippen molar-refractivity contribution in [2.24, 2.45) is 0 Å². The minimum atomic E-state index is 1.12. The fraction of sp³-hybridized carbons (Fsp3) is 0. The number of hydrogen-bond acceptors (Lipinski definition) is 0. The third-order valence-corrected chi connectivity index (χ3v) is 9.83. The molecule has 0 heteroatoms. The molecule has 0 saturated carbocycles. The van der Waals surface area contributed by atoms with Crippen molar-refractivity contribution >= 4 is 49.2 Å². The van der Waals surface area contributed by atoms with Gasteiger partial charge in [0.05, 0.1) is 0 Å². The fourth-order valence-electron chi connectivity index (χ4n) is 7.75. The molecule has 48 heavy (non-hydrogen) atoms. The van der Waals surface area contributed by atoms with Crippen LogP contribution in [0.25, 0.3) is 93.7 Å². The molecule has 0 N–H and O–H groups in total. The van der Waals surface area contributed by atoms with Gasteiger partial charge in [0.15, 0.2) is 0 Å². The normalized spacial score (nSPS) is 11.4. The van der Waals surface area contributed by atoms with Crippen LogP contribution in [-0.4, -0.2) is 0 Å². The van der Waals surface area contributed by atoms with E-state index in [4.69, 9.17) is 0 Å². The topological polar surface area (TPSA) is 0 Å². The van der Waals surface area contributed by atoms with Gasteiger partial charge in [-0.2, -0.15) is 0 Å². The standard InChI is InChI=1S/C48H32/c1-2-32-28-30-34(31-29-32)45-37-20-8-12-24-41(37)47(42-25-13-9-21-38(42)45)48-43-26-14-10-22-39(43)46(40-23-11-15-27-44(40)48)36-19-7-6-18-35(36)33-16-4-3-5-17-33/h2-31H,1H2. The molecule has 0 heterocycles. The number of hydrogen-bond donors (Lipinski definition) is 0. The lowest BCUT2D eigenvalue weighted by molar-refractivity contribution is 1.61. The first-order chi connectivity index (χ1) is 23.8. The zero-order chi connectivity index (χ0) is 32.0.